The Morgan fingerprint density at radius 1 is 1.26 bits per heavy atom. The van der Waals surface area contributed by atoms with Crippen molar-refractivity contribution in [2.45, 2.75) is 46.6 Å². The SMILES string of the molecule is CC(CC(N)Cc1nc2ccccc2s1)C(C)(C)C. The van der Waals surface area contributed by atoms with Crippen molar-refractivity contribution >= 4 is 21.6 Å². The van der Waals surface area contributed by atoms with Crippen LogP contribution in [0, 0.1) is 11.3 Å². The summed E-state index contributed by atoms with van der Waals surface area (Å²) >= 11 is 1.77. The van der Waals surface area contributed by atoms with Gasteiger partial charge in [-0.15, -0.1) is 11.3 Å². The highest BCUT2D eigenvalue weighted by molar-refractivity contribution is 7.18. The maximum absolute atomic E-state index is 6.29. The molecule has 3 heteroatoms. The molecule has 0 bridgehead atoms. The second-order valence-corrected chi connectivity index (χ2v) is 7.66. The molecule has 0 aliphatic heterocycles. The first kappa shape index (κ1) is 14.5. The summed E-state index contributed by atoms with van der Waals surface area (Å²) in [5, 5.41) is 1.16. The number of hydrogen-bond donors (Lipinski definition) is 1. The second kappa shape index (κ2) is 5.59. The summed E-state index contributed by atoms with van der Waals surface area (Å²) in [7, 11) is 0. The monoisotopic (exact) mass is 276 g/mol. The van der Waals surface area contributed by atoms with Crippen LogP contribution in [0.5, 0.6) is 0 Å². The van der Waals surface area contributed by atoms with E-state index >= 15 is 0 Å². The van der Waals surface area contributed by atoms with E-state index in [1.165, 1.54) is 4.70 Å². The molecular weight excluding hydrogens is 252 g/mol. The summed E-state index contributed by atoms with van der Waals surface area (Å²) < 4.78 is 1.26. The smallest absolute Gasteiger partial charge is 0.0954 e. The minimum absolute atomic E-state index is 0.204. The Morgan fingerprint density at radius 3 is 2.58 bits per heavy atom. The molecule has 0 aliphatic carbocycles. The van der Waals surface area contributed by atoms with Gasteiger partial charge in [0, 0.05) is 12.5 Å². The van der Waals surface area contributed by atoms with Crippen molar-refractivity contribution < 1.29 is 0 Å². The van der Waals surface area contributed by atoms with Gasteiger partial charge in [-0.25, -0.2) is 4.98 Å². The number of nitrogens with zero attached hydrogens (tertiary/aromatic N) is 1. The first-order valence-electron chi connectivity index (χ1n) is 6.96. The Hall–Kier alpha value is -0.930. The van der Waals surface area contributed by atoms with Crippen LogP contribution in [0.25, 0.3) is 10.2 Å². The first-order valence-corrected chi connectivity index (χ1v) is 7.78. The molecule has 0 fully saturated rings. The van der Waals surface area contributed by atoms with Crippen LogP contribution >= 0.6 is 11.3 Å². The van der Waals surface area contributed by atoms with Crippen LogP contribution in [0.1, 0.15) is 39.1 Å². The average molecular weight is 276 g/mol. The van der Waals surface area contributed by atoms with Gasteiger partial charge in [0.15, 0.2) is 0 Å². The van der Waals surface area contributed by atoms with E-state index < -0.39 is 0 Å². The lowest BCUT2D eigenvalue weighted by Crippen LogP contribution is -2.30. The number of benzene rings is 1. The maximum Gasteiger partial charge on any atom is 0.0954 e. The quantitative estimate of drug-likeness (QED) is 0.907. The van der Waals surface area contributed by atoms with E-state index in [9.17, 15) is 0 Å². The molecule has 0 saturated carbocycles. The highest BCUT2D eigenvalue weighted by Gasteiger charge is 2.22. The van der Waals surface area contributed by atoms with Crippen LogP contribution in [0.3, 0.4) is 0 Å². The van der Waals surface area contributed by atoms with Crippen molar-refractivity contribution in [1.29, 1.82) is 0 Å². The lowest BCUT2D eigenvalue weighted by Gasteiger charge is -2.29. The third-order valence-electron chi connectivity index (χ3n) is 3.91. The van der Waals surface area contributed by atoms with Gasteiger partial charge in [-0.1, -0.05) is 39.8 Å². The van der Waals surface area contributed by atoms with Crippen molar-refractivity contribution in [3.05, 3.63) is 29.3 Å². The Balaban J connectivity index is 2.00. The summed E-state index contributed by atoms with van der Waals surface area (Å²) in [6.07, 6.45) is 1.94. The number of thiazole rings is 1. The van der Waals surface area contributed by atoms with E-state index in [0.717, 1.165) is 23.4 Å². The van der Waals surface area contributed by atoms with Crippen LogP contribution < -0.4 is 5.73 Å². The van der Waals surface area contributed by atoms with E-state index in [1.807, 2.05) is 6.07 Å². The van der Waals surface area contributed by atoms with Crippen LogP contribution in [-0.4, -0.2) is 11.0 Å². The van der Waals surface area contributed by atoms with Gasteiger partial charge in [-0.2, -0.15) is 0 Å². The van der Waals surface area contributed by atoms with E-state index in [4.69, 9.17) is 5.73 Å². The molecule has 0 saturated heterocycles. The average Bonchev–Trinajstić information content (AvgIpc) is 2.69. The van der Waals surface area contributed by atoms with Crippen molar-refractivity contribution in [3.63, 3.8) is 0 Å². The summed E-state index contributed by atoms with van der Waals surface area (Å²) in [4.78, 5) is 4.66. The molecule has 0 aliphatic rings. The molecule has 19 heavy (non-hydrogen) atoms. The zero-order valence-corrected chi connectivity index (χ0v) is 13.1. The number of hydrogen-bond acceptors (Lipinski definition) is 3. The first-order chi connectivity index (χ1) is 8.86. The number of nitrogens with two attached hydrogens (primary N) is 1. The highest BCUT2D eigenvalue weighted by atomic mass is 32.1. The Bertz CT molecular complexity index is 506. The fourth-order valence-electron chi connectivity index (χ4n) is 2.12. The predicted octanol–water partition coefficient (Wildman–Crippen LogP) is 4.24. The number of rotatable bonds is 4. The number of fused-ring (bicyclic) bond motifs is 1. The van der Waals surface area contributed by atoms with Gasteiger partial charge < -0.3 is 5.73 Å². The molecule has 1 aromatic carbocycles. The van der Waals surface area contributed by atoms with Gasteiger partial charge in [0.25, 0.3) is 0 Å². The molecule has 2 unspecified atom stereocenters. The van der Waals surface area contributed by atoms with Crippen molar-refractivity contribution in [2.75, 3.05) is 0 Å². The molecule has 2 nitrogen and oxygen atoms in total. The van der Waals surface area contributed by atoms with Crippen LogP contribution in [0.15, 0.2) is 24.3 Å². The molecule has 2 N–H and O–H groups in total. The second-order valence-electron chi connectivity index (χ2n) is 6.54. The van der Waals surface area contributed by atoms with Crippen molar-refractivity contribution in [2.24, 2.45) is 17.1 Å². The molecule has 2 atom stereocenters. The van der Waals surface area contributed by atoms with Crippen LogP contribution in [-0.2, 0) is 6.42 Å². The maximum atomic E-state index is 6.29. The van der Waals surface area contributed by atoms with E-state index in [1.54, 1.807) is 11.3 Å². The van der Waals surface area contributed by atoms with Crippen LogP contribution in [0.4, 0.5) is 0 Å². The molecule has 0 amide bonds. The lowest BCUT2D eigenvalue weighted by atomic mass is 9.78. The van der Waals surface area contributed by atoms with Gasteiger partial charge in [0.1, 0.15) is 0 Å². The molecule has 2 rings (SSSR count). The molecule has 0 radical (unpaired) electrons. The van der Waals surface area contributed by atoms with Gasteiger partial charge in [-0.3, -0.25) is 0 Å². The van der Waals surface area contributed by atoms with Crippen LogP contribution in [0.2, 0.25) is 0 Å². The standard InChI is InChI=1S/C16H24N2S/c1-11(16(2,3)4)9-12(17)10-15-18-13-7-5-6-8-14(13)19-15/h5-8,11-12H,9-10,17H2,1-4H3. The van der Waals surface area contributed by atoms with Crippen molar-refractivity contribution in [3.8, 4) is 0 Å². The summed E-state index contributed by atoms with van der Waals surface area (Å²) in [5.41, 5.74) is 7.71. The Kier molecular flexibility index (Phi) is 4.26. The van der Waals surface area contributed by atoms with Crippen molar-refractivity contribution in [1.82, 2.24) is 4.98 Å². The summed E-state index contributed by atoms with van der Waals surface area (Å²) in [5.74, 6) is 0.622. The van der Waals surface area contributed by atoms with Gasteiger partial charge in [-0.05, 0) is 29.9 Å². The number of para-hydroxylation sites is 1. The molecule has 2 aromatic rings. The predicted molar refractivity (Wildman–Crippen MR) is 84.5 cm³/mol. The number of aromatic nitrogens is 1. The zero-order chi connectivity index (χ0) is 14.0. The van der Waals surface area contributed by atoms with E-state index in [-0.39, 0.29) is 6.04 Å². The fourth-order valence-corrected chi connectivity index (χ4v) is 3.18. The van der Waals surface area contributed by atoms with Gasteiger partial charge in [0.2, 0.25) is 0 Å². The third-order valence-corrected chi connectivity index (χ3v) is 4.97. The zero-order valence-electron chi connectivity index (χ0n) is 12.3. The highest BCUT2D eigenvalue weighted by Crippen LogP contribution is 2.30. The molecule has 1 heterocycles. The third kappa shape index (κ3) is 3.77. The molecule has 104 valence electrons. The minimum Gasteiger partial charge on any atom is -0.327 e. The van der Waals surface area contributed by atoms with E-state index in [0.29, 0.717) is 11.3 Å². The topological polar surface area (TPSA) is 38.9 Å². The summed E-state index contributed by atoms with van der Waals surface area (Å²) in [6.45, 7) is 9.13. The Morgan fingerprint density at radius 2 is 1.95 bits per heavy atom. The summed E-state index contributed by atoms with van der Waals surface area (Å²) in [6, 6.07) is 8.49. The molecule has 0 spiro atoms. The largest absolute Gasteiger partial charge is 0.327 e. The fraction of sp³-hybridized carbons (Fsp3) is 0.562. The van der Waals surface area contributed by atoms with E-state index in [2.05, 4.69) is 50.9 Å². The molecular formula is C16H24N2S. The lowest BCUT2D eigenvalue weighted by molar-refractivity contribution is 0.233. The van der Waals surface area contributed by atoms with Gasteiger partial charge >= 0.3 is 0 Å². The normalized spacial score (nSPS) is 15.6. The minimum atomic E-state index is 0.204. The Labute approximate surface area is 120 Å². The molecule has 1 aromatic heterocycles. The van der Waals surface area contributed by atoms with Gasteiger partial charge in [0.05, 0.1) is 15.2 Å².